The molecule has 0 aliphatic heterocycles. The Labute approximate surface area is 130 Å². The summed E-state index contributed by atoms with van der Waals surface area (Å²) >= 11 is 0. The van der Waals surface area contributed by atoms with E-state index < -0.39 is 11.7 Å². The smallest absolute Gasteiger partial charge is 0.354 e. The fourth-order valence-electron chi connectivity index (χ4n) is 2.00. The van der Waals surface area contributed by atoms with Crippen molar-refractivity contribution in [3.63, 3.8) is 0 Å². The van der Waals surface area contributed by atoms with E-state index in [1.54, 1.807) is 12.1 Å². The monoisotopic (exact) mass is 321 g/mol. The number of hydrogen-bond acceptors (Lipinski definition) is 3. The van der Waals surface area contributed by atoms with Gasteiger partial charge in [0.05, 0.1) is 17.4 Å². The lowest BCUT2D eigenvalue weighted by molar-refractivity contribution is -0.137. The highest BCUT2D eigenvalue weighted by Crippen LogP contribution is 2.30. The summed E-state index contributed by atoms with van der Waals surface area (Å²) in [6.45, 7) is 0. The zero-order valence-corrected chi connectivity index (χ0v) is 12.0. The molecule has 0 unspecified atom stereocenters. The number of benzene rings is 1. The first-order valence-corrected chi connectivity index (χ1v) is 7.13. The number of anilines is 2. The van der Waals surface area contributed by atoms with Crippen molar-refractivity contribution < 1.29 is 18.0 Å². The van der Waals surface area contributed by atoms with E-state index in [0.717, 1.165) is 25.0 Å². The van der Waals surface area contributed by atoms with Crippen LogP contribution < -0.4 is 10.6 Å². The Kier molecular flexibility index (Phi) is 3.94. The van der Waals surface area contributed by atoms with Gasteiger partial charge in [-0.2, -0.15) is 13.2 Å². The zero-order valence-electron chi connectivity index (χ0n) is 12.0. The summed E-state index contributed by atoms with van der Waals surface area (Å²) in [7, 11) is 0. The van der Waals surface area contributed by atoms with Crippen molar-refractivity contribution in [3.8, 4) is 0 Å². The van der Waals surface area contributed by atoms with Crippen LogP contribution >= 0.6 is 0 Å². The summed E-state index contributed by atoms with van der Waals surface area (Å²) < 4.78 is 37.5. The quantitative estimate of drug-likeness (QED) is 0.902. The Morgan fingerprint density at radius 1 is 1.04 bits per heavy atom. The van der Waals surface area contributed by atoms with Crippen molar-refractivity contribution in [1.29, 1.82) is 0 Å². The van der Waals surface area contributed by atoms with Crippen molar-refractivity contribution in [3.05, 3.63) is 53.9 Å². The van der Waals surface area contributed by atoms with Crippen LogP contribution in [-0.2, 0) is 6.18 Å². The van der Waals surface area contributed by atoms with E-state index in [0.29, 0.717) is 17.1 Å². The minimum atomic E-state index is -4.35. The van der Waals surface area contributed by atoms with Gasteiger partial charge in [0, 0.05) is 11.7 Å². The first-order chi connectivity index (χ1) is 10.9. The van der Waals surface area contributed by atoms with Crippen molar-refractivity contribution in [1.82, 2.24) is 10.3 Å². The van der Waals surface area contributed by atoms with Crippen LogP contribution in [0.15, 0.2) is 42.6 Å². The van der Waals surface area contributed by atoms with Gasteiger partial charge >= 0.3 is 6.18 Å². The maximum atomic E-state index is 12.5. The maximum Gasteiger partial charge on any atom is 0.416 e. The number of carbonyl (C=O) groups is 1. The Morgan fingerprint density at radius 3 is 2.22 bits per heavy atom. The minimum Gasteiger partial charge on any atom is -0.354 e. The molecule has 0 saturated heterocycles. The summed E-state index contributed by atoms with van der Waals surface area (Å²) in [5.74, 6) is -0.214. The van der Waals surface area contributed by atoms with Crippen LogP contribution in [0.25, 0.3) is 0 Å². The molecule has 0 radical (unpaired) electrons. The van der Waals surface area contributed by atoms with Crippen LogP contribution in [-0.4, -0.2) is 16.9 Å². The zero-order chi connectivity index (χ0) is 16.4. The van der Waals surface area contributed by atoms with E-state index in [1.165, 1.54) is 18.3 Å². The highest BCUT2D eigenvalue weighted by molar-refractivity contribution is 5.92. The first-order valence-electron chi connectivity index (χ1n) is 7.13. The van der Waals surface area contributed by atoms with Gasteiger partial charge in [-0.15, -0.1) is 0 Å². The molecule has 1 saturated carbocycles. The van der Waals surface area contributed by atoms with Crippen molar-refractivity contribution in [2.24, 2.45) is 0 Å². The number of halogens is 3. The molecule has 1 aromatic heterocycles. The second-order valence-electron chi connectivity index (χ2n) is 5.38. The van der Waals surface area contributed by atoms with E-state index in [2.05, 4.69) is 15.6 Å². The number of carbonyl (C=O) groups excluding carboxylic acids is 1. The summed E-state index contributed by atoms with van der Waals surface area (Å²) in [5.41, 5.74) is 0.714. The third-order valence-corrected chi connectivity index (χ3v) is 3.41. The van der Waals surface area contributed by atoms with Gasteiger partial charge in [0.1, 0.15) is 5.69 Å². The van der Waals surface area contributed by atoms with Gasteiger partial charge in [-0.3, -0.25) is 4.79 Å². The Hall–Kier alpha value is -2.57. The van der Waals surface area contributed by atoms with Gasteiger partial charge in [0.25, 0.3) is 5.91 Å². The number of pyridine rings is 1. The maximum absolute atomic E-state index is 12.5. The normalized spacial score (nSPS) is 14.4. The number of amides is 1. The topological polar surface area (TPSA) is 54.0 Å². The van der Waals surface area contributed by atoms with Crippen LogP contribution in [0.4, 0.5) is 24.5 Å². The number of aromatic nitrogens is 1. The van der Waals surface area contributed by atoms with E-state index in [-0.39, 0.29) is 11.9 Å². The number of rotatable bonds is 4. The van der Waals surface area contributed by atoms with Crippen LogP contribution in [0.1, 0.15) is 28.9 Å². The van der Waals surface area contributed by atoms with E-state index in [9.17, 15) is 18.0 Å². The lowest BCUT2D eigenvalue weighted by Gasteiger charge is -2.10. The van der Waals surface area contributed by atoms with Crippen molar-refractivity contribution >= 4 is 17.3 Å². The first kappa shape index (κ1) is 15.3. The fourth-order valence-corrected chi connectivity index (χ4v) is 2.00. The highest BCUT2D eigenvalue weighted by atomic mass is 19.4. The van der Waals surface area contributed by atoms with Gasteiger partial charge in [-0.05, 0) is 49.2 Å². The van der Waals surface area contributed by atoms with Gasteiger partial charge in [0.2, 0.25) is 0 Å². The molecule has 2 aromatic rings. The third kappa shape index (κ3) is 4.00. The van der Waals surface area contributed by atoms with Crippen LogP contribution in [0.3, 0.4) is 0 Å². The van der Waals surface area contributed by atoms with Crippen LogP contribution in [0.5, 0.6) is 0 Å². The molecule has 1 aliphatic rings. The lowest BCUT2D eigenvalue weighted by Crippen LogP contribution is -2.26. The average molecular weight is 321 g/mol. The second-order valence-corrected chi connectivity index (χ2v) is 5.38. The molecule has 1 aromatic carbocycles. The molecule has 1 aliphatic carbocycles. The Balaban J connectivity index is 1.64. The number of nitrogens with zero attached hydrogens (tertiary/aromatic N) is 1. The van der Waals surface area contributed by atoms with Crippen LogP contribution in [0.2, 0.25) is 0 Å². The Bertz CT molecular complexity index is 692. The van der Waals surface area contributed by atoms with Gasteiger partial charge in [-0.1, -0.05) is 0 Å². The summed E-state index contributed by atoms with van der Waals surface area (Å²) in [5, 5.41) is 5.77. The van der Waals surface area contributed by atoms with Crippen LogP contribution in [0, 0.1) is 0 Å². The molecule has 2 N–H and O–H groups in total. The van der Waals surface area contributed by atoms with E-state index in [1.807, 2.05) is 0 Å². The predicted molar refractivity (Wildman–Crippen MR) is 79.5 cm³/mol. The summed E-state index contributed by atoms with van der Waals surface area (Å²) in [6.07, 6.45) is -0.880. The molecule has 0 atom stereocenters. The van der Waals surface area contributed by atoms with Crippen molar-refractivity contribution in [2.75, 3.05) is 5.32 Å². The molecule has 7 heteroatoms. The molecular weight excluding hydrogens is 307 g/mol. The summed E-state index contributed by atoms with van der Waals surface area (Å²) in [6, 6.07) is 8.19. The molecule has 120 valence electrons. The molecule has 1 amide bonds. The molecule has 1 fully saturated rings. The molecule has 4 nitrogen and oxygen atoms in total. The standard InChI is InChI=1S/C16H14F3N3O/c17-16(18,19)10-1-3-11(4-2-10)21-13-7-8-14(20-9-13)15(23)22-12-5-6-12/h1-4,7-9,12,21H,5-6H2,(H,22,23). The SMILES string of the molecule is O=C(NC1CC1)c1ccc(Nc2ccc(C(F)(F)F)cc2)cn1. The average Bonchev–Trinajstić information content (AvgIpc) is 3.31. The van der Waals surface area contributed by atoms with Gasteiger partial charge < -0.3 is 10.6 Å². The minimum absolute atomic E-state index is 0.214. The van der Waals surface area contributed by atoms with Gasteiger partial charge in [0.15, 0.2) is 0 Å². The molecular formula is C16H14F3N3O. The van der Waals surface area contributed by atoms with E-state index >= 15 is 0 Å². The number of hydrogen-bond donors (Lipinski definition) is 2. The van der Waals surface area contributed by atoms with E-state index in [4.69, 9.17) is 0 Å². The highest BCUT2D eigenvalue weighted by Gasteiger charge is 2.30. The molecule has 0 spiro atoms. The molecule has 23 heavy (non-hydrogen) atoms. The fraction of sp³-hybridized carbons (Fsp3) is 0.250. The molecule has 0 bridgehead atoms. The molecule has 1 heterocycles. The largest absolute Gasteiger partial charge is 0.416 e. The second kappa shape index (κ2) is 5.91. The molecule has 3 rings (SSSR count). The number of nitrogens with one attached hydrogen (secondary N) is 2. The van der Waals surface area contributed by atoms with Crippen molar-refractivity contribution in [2.45, 2.75) is 25.1 Å². The predicted octanol–water partition coefficient (Wildman–Crippen LogP) is 3.74. The third-order valence-electron chi connectivity index (χ3n) is 3.41. The number of alkyl halides is 3. The Morgan fingerprint density at radius 2 is 1.70 bits per heavy atom. The lowest BCUT2D eigenvalue weighted by atomic mass is 10.2. The van der Waals surface area contributed by atoms with Gasteiger partial charge in [-0.25, -0.2) is 4.98 Å². The summed E-state index contributed by atoms with van der Waals surface area (Å²) in [4.78, 5) is 15.9.